The molecule has 1 unspecified atom stereocenters. The third-order valence-corrected chi connectivity index (χ3v) is 3.09. The third kappa shape index (κ3) is 5.44. The van der Waals surface area contributed by atoms with Gasteiger partial charge in [0.05, 0.1) is 19.3 Å². The van der Waals surface area contributed by atoms with Gasteiger partial charge >= 0.3 is 0 Å². The Balaban J connectivity index is 2.32. The van der Waals surface area contributed by atoms with Gasteiger partial charge in [-0.2, -0.15) is 0 Å². The van der Waals surface area contributed by atoms with Crippen molar-refractivity contribution in [2.45, 2.75) is 24.7 Å². The normalized spacial score (nSPS) is 12.9. The number of aliphatic hydroxyl groups is 1. The topological polar surface area (TPSA) is 85.1 Å². The lowest BCUT2D eigenvalue weighted by atomic mass is 10.4. The lowest BCUT2D eigenvalue weighted by molar-refractivity contribution is 0.0551. The first kappa shape index (κ1) is 14.4. The summed E-state index contributed by atoms with van der Waals surface area (Å²) in [5.74, 6) is 0.528. The van der Waals surface area contributed by atoms with E-state index in [-0.39, 0.29) is 0 Å². The SMILES string of the molecule is CCOCC(O)CSc1nnnn1CCNC. The fourth-order valence-electron chi connectivity index (χ4n) is 1.13. The number of aliphatic hydroxyl groups excluding tert-OH is 1. The Labute approximate surface area is 105 Å². The second-order valence-corrected chi connectivity index (χ2v) is 4.40. The van der Waals surface area contributed by atoms with E-state index in [1.807, 2.05) is 14.0 Å². The predicted octanol–water partition coefficient (Wildman–Crippen LogP) is -0.618. The summed E-state index contributed by atoms with van der Waals surface area (Å²) in [6, 6.07) is 0. The van der Waals surface area contributed by atoms with Gasteiger partial charge in [0.15, 0.2) is 0 Å². The van der Waals surface area contributed by atoms with Crippen LogP contribution in [-0.4, -0.2) is 64.0 Å². The Bertz CT molecular complexity index is 309. The Hall–Kier alpha value is -0.700. The summed E-state index contributed by atoms with van der Waals surface area (Å²) in [6.07, 6.45) is -0.491. The molecule has 98 valence electrons. The molecule has 0 aliphatic carbocycles. The Morgan fingerprint density at radius 1 is 1.59 bits per heavy atom. The standard InChI is InChI=1S/C9H19N5O2S/c1-3-16-6-8(15)7-17-9-11-12-13-14(9)5-4-10-2/h8,10,15H,3-7H2,1-2H3. The lowest BCUT2D eigenvalue weighted by Crippen LogP contribution is -2.19. The molecule has 0 saturated carbocycles. The number of aromatic nitrogens is 4. The van der Waals surface area contributed by atoms with Crippen LogP contribution in [0.15, 0.2) is 5.16 Å². The molecule has 1 rings (SSSR count). The van der Waals surface area contributed by atoms with Crippen molar-refractivity contribution in [3.8, 4) is 0 Å². The van der Waals surface area contributed by atoms with Crippen molar-refractivity contribution in [1.82, 2.24) is 25.5 Å². The minimum atomic E-state index is -0.491. The first-order valence-corrected chi connectivity index (χ1v) is 6.55. The van der Waals surface area contributed by atoms with E-state index in [0.717, 1.165) is 11.7 Å². The highest BCUT2D eigenvalue weighted by Gasteiger charge is 2.10. The van der Waals surface area contributed by atoms with E-state index in [1.165, 1.54) is 11.8 Å². The molecule has 0 aromatic carbocycles. The van der Waals surface area contributed by atoms with Crippen LogP contribution < -0.4 is 5.32 Å². The van der Waals surface area contributed by atoms with Gasteiger partial charge in [0.2, 0.25) is 5.16 Å². The Kier molecular flexibility index (Phi) is 7.10. The first-order valence-electron chi connectivity index (χ1n) is 5.57. The summed E-state index contributed by atoms with van der Waals surface area (Å²) >= 11 is 1.43. The van der Waals surface area contributed by atoms with Crippen LogP contribution in [0.2, 0.25) is 0 Å². The van der Waals surface area contributed by atoms with Crippen LogP contribution in [0.25, 0.3) is 0 Å². The fourth-order valence-corrected chi connectivity index (χ4v) is 1.94. The highest BCUT2D eigenvalue weighted by molar-refractivity contribution is 7.99. The molecule has 1 aromatic rings. The molecule has 0 amide bonds. The summed E-state index contributed by atoms with van der Waals surface area (Å²) < 4.78 is 6.85. The second kappa shape index (κ2) is 8.40. The van der Waals surface area contributed by atoms with Crippen molar-refractivity contribution in [3.05, 3.63) is 0 Å². The van der Waals surface area contributed by atoms with Gasteiger partial charge in [-0.25, -0.2) is 4.68 Å². The molecule has 0 aliphatic rings. The van der Waals surface area contributed by atoms with Crippen LogP contribution in [0.4, 0.5) is 0 Å². The van der Waals surface area contributed by atoms with E-state index in [2.05, 4.69) is 20.8 Å². The Morgan fingerprint density at radius 3 is 3.12 bits per heavy atom. The number of hydrogen-bond donors (Lipinski definition) is 2. The monoisotopic (exact) mass is 261 g/mol. The van der Waals surface area contributed by atoms with Gasteiger partial charge in [-0.15, -0.1) is 5.10 Å². The molecule has 0 bridgehead atoms. The minimum absolute atomic E-state index is 0.349. The molecule has 1 aromatic heterocycles. The average Bonchev–Trinajstić information content (AvgIpc) is 2.78. The molecule has 1 atom stereocenters. The minimum Gasteiger partial charge on any atom is -0.390 e. The van der Waals surface area contributed by atoms with E-state index in [4.69, 9.17) is 4.74 Å². The molecule has 0 radical (unpaired) electrons. The zero-order valence-electron chi connectivity index (χ0n) is 10.2. The first-order chi connectivity index (χ1) is 8.27. The summed E-state index contributed by atoms with van der Waals surface area (Å²) in [4.78, 5) is 0. The van der Waals surface area contributed by atoms with Crippen molar-refractivity contribution in [1.29, 1.82) is 0 Å². The molecule has 0 aliphatic heterocycles. The number of likely N-dealkylation sites (N-methyl/N-ethyl adjacent to an activating group) is 1. The van der Waals surface area contributed by atoms with E-state index < -0.39 is 6.10 Å². The Morgan fingerprint density at radius 2 is 2.41 bits per heavy atom. The van der Waals surface area contributed by atoms with Gasteiger partial charge in [0.1, 0.15) is 0 Å². The van der Waals surface area contributed by atoms with Crippen molar-refractivity contribution in [2.24, 2.45) is 0 Å². The molecule has 0 saturated heterocycles. The van der Waals surface area contributed by atoms with Crippen LogP contribution in [-0.2, 0) is 11.3 Å². The molecular formula is C9H19N5O2S. The maximum atomic E-state index is 9.61. The number of nitrogens with one attached hydrogen (secondary N) is 1. The molecule has 1 heterocycles. The van der Waals surface area contributed by atoms with Crippen molar-refractivity contribution < 1.29 is 9.84 Å². The van der Waals surface area contributed by atoms with Crippen LogP contribution in [0.1, 0.15) is 6.92 Å². The number of ether oxygens (including phenoxy) is 1. The smallest absolute Gasteiger partial charge is 0.209 e. The molecule has 0 spiro atoms. The maximum Gasteiger partial charge on any atom is 0.209 e. The summed E-state index contributed by atoms with van der Waals surface area (Å²) in [6.45, 7) is 4.38. The van der Waals surface area contributed by atoms with Crippen molar-refractivity contribution in [3.63, 3.8) is 0 Å². The van der Waals surface area contributed by atoms with Crippen molar-refractivity contribution >= 4 is 11.8 Å². The van der Waals surface area contributed by atoms with Crippen LogP contribution >= 0.6 is 11.8 Å². The zero-order valence-corrected chi connectivity index (χ0v) is 11.0. The van der Waals surface area contributed by atoms with Crippen molar-refractivity contribution in [2.75, 3.05) is 32.6 Å². The number of nitrogens with zero attached hydrogens (tertiary/aromatic N) is 4. The van der Waals surface area contributed by atoms with Gasteiger partial charge in [0.25, 0.3) is 0 Å². The van der Waals surface area contributed by atoms with Crippen LogP contribution in [0.5, 0.6) is 0 Å². The molecule has 8 heteroatoms. The second-order valence-electron chi connectivity index (χ2n) is 3.41. The molecule has 2 N–H and O–H groups in total. The zero-order chi connectivity index (χ0) is 12.5. The van der Waals surface area contributed by atoms with Crippen LogP contribution in [0, 0.1) is 0 Å². The highest BCUT2D eigenvalue weighted by Crippen LogP contribution is 2.14. The molecular weight excluding hydrogens is 242 g/mol. The van der Waals surface area contributed by atoms with Gasteiger partial charge in [-0.1, -0.05) is 11.8 Å². The van der Waals surface area contributed by atoms with E-state index in [9.17, 15) is 5.11 Å². The third-order valence-electron chi connectivity index (χ3n) is 1.99. The summed E-state index contributed by atoms with van der Waals surface area (Å²) in [7, 11) is 1.88. The van der Waals surface area contributed by atoms with Gasteiger partial charge in [-0.3, -0.25) is 0 Å². The van der Waals surface area contributed by atoms with Gasteiger partial charge < -0.3 is 15.2 Å². The molecule has 17 heavy (non-hydrogen) atoms. The fraction of sp³-hybridized carbons (Fsp3) is 0.889. The number of rotatable bonds is 9. The lowest BCUT2D eigenvalue weighted by Gasteiger charge is -2.09. The summed E-state index contributed by atoms with van der Waals surface area (Å²) in [5, 5.41) is 24.8. The largest absolute Gasteiger partial charge is 0.390 e. The number of tetrazole rings is 1. The summed E-state index contributed by atoms with van der Waals surface area (Å²) in [5.41, 5.74) is 0. The quantitative estimate of drug-likeness (QED) is 0.573. The average molecular weight is 261 g/mol. The number of thioether (sulfide) groups is 1. The predicted molar refractivity (Wildman–Crippen MR) is 65.0 cm³/mol. The van der Waals surface area contributed by atoms with Gasteiger partial charge in [0, 0.05) is 18.9 Å². The maximum absolute atomic E-state index is 9.61. The van der Waals surface area contributed by atoms with Crippen LogP contribution in [0.3, 0.4) is 0 Å². The molecule has 7 nitrogen and oxygen atoms in total. The number of hydrogen-bond acceptors (Lipinski definition) is 7. The van der Waals surface area contributed by atoms with E-state index in [0.29, 0.717) is 25.5 Å². The van der Waals surface area contributed by atoms with Gasteiger partial charge in [-0.05, 0) is 24.4 Å². The van der Waals surface area contributed by atoms with E-state index in [1.54, 1.807) is 4.68 Å². The molecule has 0 fully saturated rings. The highest BCUT2D eigenvalue weighted by atomic mass is 32.2. The van der Waals surface area contributed by atoms with E-state index >= 15 is 0 Å².